The zero-order valence-corrected chi connectivity index (χ0v) is 13.2. The van der Waals surface area contributed by atoms with E-state index in [1.165, 1.54) is 6.07 Å². The second-order valence-electron chi connectivity index (χ2n) is 5.44. The number of nitrogens with two attached hydrogens (primary N) is 2. The van der Waals surface area contributed by atoms with Crippen LogP contribution in [0.25, 0.3) is 0 Å². The van der Waals surface area contributed by atoms with Crippen LogP contribution in [0.15, 0.2) is 42.6 Å². The highest BCUT2D eigenvalue weighted by molar-refractivity contribution is 5.98. The molecule has 0 spiro atoms. The number of amides is 2. The molecule has 2 rings (SSSR count). The van der Waals surface area contributed by atoms with E-state index in [1.54, 1.807) is 22.7 Å². The number of carbonyl (C=O) groups excluding carboxylic acids is 2. The number of aryl methyl sites for hydroxylation is 1. The van der Waals surface area contributed by atoms with Gasteiger partial charge in [0, 0.05) is 26.3 Å². The molecule has 0 fully saturated rings. The molecule has 1 aromatic heterocycles. The average Bonchev–Trinajstić information content (AvgIpc) is 2.94. The van der Waals surface area contributed by atoms with Crippen molar-refractivity contribution in [2.24, 2.45) is 18.5 Å². The molecular formula is C17H22N4O2. The fourth-order valence-corrected chi connectivity index (χ4v) is 2.41. The van der Waals surface area contributed by atoms with Gasteiger partial charge in [-0.25, -0.2) is 0 Å². The Hall–Kier alpha value is -2.60. The van der Waals surface area contributed by atoms with Crippen molar-refractivity contribution in [1.82, 2.24) is 9.47 Å². The fraction of sp³-hybridized carbons (Fsp3) is 0.294. The van der Waals surface area contributed by atoms with Gasteiger partial charge in [-0.2, -0.15) is 0 Å². The summed E-state index contributed by atoms with van der Waals surface area (Å²) in [6.07, 6.45) is 2.28. The van der Waals surface area contributed by atoms with Crippen LogP contribution in [0.3, 0.4) is 0 Å². The predicted octanol–water partition coefficient (Wildman–Crippen LogP) is 1.12. The minimum Gasteiger partial charge on any atom is -0.366 e. The molecule has 0 radical (unpaired) electrons. The fourth-order valence-electron chi connectivity index (χ4n) is 2.41. The first-order valence-electron chi connectivity index (χ1n) is 7.52. The van der Waals surface area contributed by atoms with E-state index in [0.717, 1.165) is 5.56 Å². The molecule has 6 heteroatoms. The summed E-state index contributed by atoms with van der Waals surface area (Å²) in [5.41, 5.74) is 12.7. The minimum atomic E-state index is -0.545. The van der Waals surface area contributed by atoms with Crippen LogP contribution in [0.1, 0.15) is 32.8 Å². The summed E-state index contributed by atoms with van der Waals surface area (Å²) in [5, 5.41) is 0. The van der Waals surface area contributed by atoms with Gasteiger partial charge in [-0.3, -0.25) is 9.59 Å². The van der Waals surface area contributed by atoms with Crippen LogP contribution in [-0.2, 0) is 13.6 Å². The number of rotatable bonds is 7. The molecule has 0 saturated carbocycles. The van der Waals surface area contributed by atoms with E-state index in [0.29, 0.717) is 37.3 Å². The third-order valence-electron chi connectivity index (χ3n) is 3.64. The molecule has 0 unspecified atom stereocenters. The van der Waals surface area contributed by atoms with Crippen molar-refractivity contribution >= 4 is 11.8 Å². The highest BCUT2D eigenvalue weighted by Gasteiger charge is 2.20. The number of nitrogens with zero attached hydrogens (tertiary/aromatic N) is 2. The first-order valence-corrected chi connectivity index (χ1v) is 7.52. The lowest BCUT2D eigenvalue weighted by atomic mass is 10.2. The van der Waals surface area contributed by atoms with Crippen LogP contribution < -0.4 is 11.5 Å². The molecule has 0 aliphatic rings. The molecule has 0 atom stereocenters. The monoisotopic (exact) mass is 314 g/mol. The van der Waals surface area contributed by atoms with E-state index >= 15 is 0 Å². The molecule has 6 nitrogen and oxygen atoms in total. The van der Waals surface area contributed by atoms with Crippen molar-refractivity contribution in [3.63, 3.8) is 0 Å². The van der Waals surface area contributed by atoms with Gasteiger partial charge in [-0.15, -0.1) is 0 Å². The molecule has 23 heavy (non-hydrogen) atoms. The van der Waals surface area contributed by atoms with Gasteiger partial charge in [0.25, 0.3) is 5.91 Å². The van der Waals surface area contributed by atoms with E-state index in [9.17, 15) is 9.59 Å². The number of carbonyl (C=O) groups is 2. The Balaban J connectivity index is 2.24. The first-order chi connectivity index (χ1) is 11.0. The standard InChI is InChI=1S/C17H22N4O2/c1-20-12-14(16(19)22)10-15(20)17(23)21(9-5-8-18)11-13-6-3-2-4-7-13/h2-4,6-7,10,12H,5,8-9,11,18H2,1H3,(H2,19,22). The van der Waals surface area contributed by atoms with E-state index in [-0.39, 0.29) is 5.91 Å². The summed E-state index contributed by atoms with van der Waals surface area (Å²) < 4.78 is 1.63. The third kappa shape index (κ3) is 4.20. The SMILES string of the molecule is Cn1cc(C(N)=O)cc1C(=O)N(CCCN)Cc1ccccc1. The van der Waals surface area contributed by atoms with Gasteiger partial charge < -0.3 is 20.9 Å². The van der Waals surface area contributed by atoms with Gasteiger partial charge in [0.15, 0.2) is 0 Å². The maximum absolute atomic E-state index is 12.8. The smallest absolute Gasteiger partial charge is 0.270 e. The van der Waals surface area contributed by atoms with Gasteiger partial charge in [-0.1, -0.05) is 30.3 Å². The van der Waals surface area contributed by atoms with Crippen molar-refractivity contribution < 1.29 is 9.59 Å². The topological polar surface area (TPSA) is 94.3 Å². The van der Waals surface area contributed by atoms with Gasteiger partial charge in [0.2, 0.25) is 5.91 Å². The van der Waals surface area contributed by atoms with Crippen molar-refractivity contribution in [3.8, 4) is 0 Å². The largest absolute Gasteiger partial charge is 0.366 e. The molecule has 2 amide bonds. The molecule has 0 aliphatic carbocycles. The summed E-state index contributed by atoms with van der Waals surface area (Å²) in [4.78, 5) is 25.9. The molecule has 0 saturated heterocycles. The van der Waals surface area contributed by atoms with Crippen molar-refractivity contribution in [2.45, 2.75) is 13.0 Å². The molecule has 1 aromatic carbocycles. The number of aromatic nitrogens is 1. The van der Waals surface area contributed by atoms with Crippen molar-refractivity contribution in [2.75, 3.05) is 13.1 Å². The van der Waals surface area contributed by atoms with Crippen molar-refractivity contribution in [1.29, 1.82) is 0 Å². The summed E-state index contributed by atoms with van der Waals surface area (Å²) in [6, 6.07) is 11.3. The highest BCUT2D eigenvalue weighted by atomic mass is 16.2. The Morgan fingerprint density at radius 1 is 1.22 bits per heavy atom. The van der Waals surface area contributed by atoms with Gasteiger partial charge >= 0.3 is 0 Å². The highest BCUT2D eigenvalue weighted by Crippen LogP contribution is 2.13. The van der Waals surface area contributed by atoms with Crippen LogP contribution in [0, 0.1) is 0 Å². The number of primary amides is 1. The molecule has 4 N–H and O–H groups in total. The van der Waals surface area contributed by atoms with Gasteiger partial charge in [0.1, 0.15) is 5.69 Å². The van der Waals surface area contributed by atoms with E-state index in [1.807, 2.05) is 30.3 Å². The summed E-state index contributed by atoms with van der Waals surface area (Å²) in [6.45, 7) is 1.57. The Morgan fingerprint density at radius 2 is 1.91 bits per heavy atom. The quantitative estimate of drug-likeness (QED) is 0.801. The second kappa shape index (κ2) is 7.60. The number of hydrogen-bond donors (Lipinski definition) is 2. The maximum atomic E-state index is 12.8. The molecule has 0 aliphatic heterocycles. The van der Waals surface area contributed by atoms with Gasteiger partial charge in [-0.05, 0) is 24.6 Å². The minimum absolute atomic E-state index is 0.141. The van der Waals surface area contributed by atoms with Crippen LogP contribution in [-0.4, -0.2) is 34.4 Å². The molecule has 122 valence electrons. The van der Waals surface area contributed by atoms with Crippen LogP contribution in [0.5, 0.6) is 0 Å². The van der Waals surface area contributed by atoms with E-state index < -0.39 is 5.91 Å². The van der Waals surface area contributed by atoms with Crippen LogP contribution in [0.2, 0.25) is 0 Å². The summed E-state index contributed by atoms with van der Waals surface area (Å²) >= 11 is 0. The number of benzene rings is 1. The average molecular weight is 314 g/mol. The zero-order valence-electron chi connectivity index (χ0n) is 13.2. The predicted molar refractivity (Wildman–Crippen MR) is 88.8 cm³/mol. The lowest BCUT2D eigenvalue weighted by Crippen LogP contribution is -2.33. The second-order valence-corrected chi connectivity index (χ2v) is 5.44. The van der Waals surface area contributed by atoms with E-state index in [4.69, 9.17) is 11.5 Å². The Bertz CT molecular complexity index is 679. The molecule has 1 heterocycles. The maximum Gasteiger partial charge on any atom is 0.270 e. The lowest BCUT2D eigenvalue weighted by molar-refractivity contribution is 0.0732. The van der Waals surface area contributed by atoms with Crippen LogP contribution >= 0.6 is 0 Å². The van der Waals surface area contributed by atoms with E-state index in [2.05, 4.69) is 0 Å². The summed E-state index contributed by atoms with van der Waals surface area (Å²) in [5.74, 6) is -0.687. The zero-order chi connectivity index (χ0) is 16.8. The Kier molecular flexibility index (Phi) is 5.54. The molecular weight excluding hydrogens is 292 g/mol. The van der Waals surface area contributed by atoms with Crippen molar-refractivity contribution in [3.05, 3.63) is 59.4 Å². The van der Waals surface area contributed by atoms with Gasteiger partial charge in [0.05, 0.1) is 5.56 Å². The third-order valence-corrected chi connectivity index (χ3v) is 3.64. The summed E-state index contributed by atoms with van der Waals surface area (Å²) in [7, 11) is 1.73. The van der Waals surface area contributed by atoms with Crippen LogP contribution in [0.4, 0.5) is 0 Å². The Morgan fingerprint density at radius 3 is 2.48 bits per heavy atom. The lowest BCUT2D eigenvalue weighted by Gasteiger charge is -2.23. The Labute approximate surface area is 135 Å². The number of hydrogen-bond acceptors (Lipinski definition) is 3. The first kappa shape index (κ1) is 16.8. The molecule has 2 aromatic rings. The normalized spacial score (nSPS) is 10.5. The molecule has 0 bridgehead atoms.